The topological polar surface area (TPSA) is 42.7 Å². The van der Waals surface area contributed by atoms with E-state index in [1.54, 1.807) is 6.07 Å². The van der Waals surface area contributed by atoms with Crippen molar-refractivity contribution < 1.29 is 0 Å². The molecule has 1 aliphatic heterocycles. The largest absolute Gasteiger partial charge is 0.308 e. The van der Waals surface area contributed by atoms with Gasteiger partial charge >= 0.3 is 0 Å². The molecule has 6 heteroatoms. The molecule has 18 heavy (non-hydrogen) atoms. The van der Waals surface area contributed by atoms with Crippen LogP contribution < -0.4 is 5.32 Å². The highest BCUT2D eigenvalue weighted by Crippen LogP contribution is 2.33. The average Bonchev–Trinajstić information content (AvgIpc) is 2.78. The number of halogens is 2. The predicted octanol–water partition coefficient (Wildman–Crippen LogP) is 2.92. The molecule has 1 aromatic carbocycles. The van der Waals surface area contributed by atoms with Gasteiger partial charge < -0.3 is 9.88 Å². The molecular formula is C12H12Cl2N4. The number of nitrogens with zero attached hydrogens (tertiary/aromatic N) is 3. The molecule has 2 heterocycles. The first kappa shape index (κ1) is 12.0. The molecule has 0 saturated carbocycles. The maximum Gasteiger partial charge on any atom is 0.165 e. The zero-order valence-electron chi connectivity index (χ0n) is 9.82. The fraction of sp³-hybridized carbons (Fsp3) is 0.333. The molecule has 0 radical (unpaired) electrons. The Morgan fingerprint density at radius 2 is 2.17 bits per heavy atom. The van der Waals surface area contributed by atoms with Crippen molar-refractivity contribution in [3.8, 4) is 11.4 Å². The smallest absolute Gasteiger partial charge is 0.165 e. The molecule has 1 aliphatic rings. The maximum atomic E-state index is 6.23. The van der Waals surface area contributed by atoms with Crippen LogP contribution in [0.15, 0.2) is 18.2 Å². The number of benzene rings is 1. The van der Waals surface area contributed by atoms with E-state index in [1.165, 1.54) is 0 Å². The van der Waals surface area contributed by atoms with Gasteiger partial charge in [0.25, 0.3) is 0 Å². The van der Waals surface area contributed by atoms with E-state index in [2.05, 4.69) is 27.0 Å². The van der Waals surface area contributed by atoms with Gasteiger partial charge in [0.15, 0.2) is 5.82 Å². The summed E-state index contributed by atoms with van der Waals surface area (Å²) in [7, 11) is 0. The van der Waals surface area contributed by atoms with Gasteiger partial charge in [-0.25, -0.2) is 0 Å². The molecule has 1 N–H and O–H groups in total. The summed E-state index contributed by atoms with van der Waals surface area (Å²) >= 11 is 12.3. The Labute approximate surface area is 115 Å². The van der Waals surface area contributed by atoms with Gasteiger partial charge in [-0.2, -0.15) is 0 Å². The minimum Gasteiger partial charge on any atom is -0.308 e. The predicted molar refractivity (Wildman–Crippen MR) is 71.9 cm³/mol. The lowest BCUT2D eigenvalue weighted by Crippen LogP contribution is -2.32. The van der Waals surface area contributed by atoms with Crippen LogP contribution in [-0.4, -0.2) is 21.3 Å². The first-order valence-corrected chi connectivity index (χ1v) is 6.55. The van der Waals surface area contributed by atoms with Crippen LogP contribution in [0.1, 0.15) is 18.8 Å². The molecule has 0 saturated heterocycles. The Bertz CT molecular complexity index is 594. The third-order valence-electron chi connectivity index (χ3n) is 3.15. The third kappa shape index (κ3) is 1.81. The van der Waals surface area contributed by atoms with Crippen molar-refractivity contribution in [2.24, 2.45) is 0 Å². The Balaban J connectivity index is 2.16. The standard InChI is InChI=1S/C12H12Cl2N4/c1-7-11-16-17-12(18(11)6-5-15-7)8-3-2-4-9(13)10(8)14/h2-4,7,15H,5-6H2,1H3. The molecule has 0 spiro atoms. The molecule has 0 bridgehead atoms. The van der Waals surface area contributed by atoms with Gasteiger partial charge in [0.1, 0.15) is 5.82 Å². The van der Waals surface area contributed by atoms with Gasteiger partial charge in [0.2, 0.25) is 0 Å². The van der Waals surface area contributed by atoms with E-state index in [1.807, 2.05) is 12.1 Å². The maximum absolute atomic E-state index is 6.23. The number of nitrogens with one attached hydrogen (secondary N) is 1. The van der Waals surface area contributed by atoms with Crippen LogP contribution in [0, 0.1) is 0 Å². The van der Waals surface area contributed by atoms with E-state index >= 15 is 0 Å². The Morgan fingerprint density at radius 3 is 3.00 bits per heavy atom. The highest BCUT2D eigenvalue weighted by molar-refractivity contribution is 6.43. The van der Waals surface area contributed by atoms with Gasteiger partial charge in [0.05, 0.1) is 16.1 Å². The normalized spacial score (nSPS) is 18.7. The lowest BCUT2D eigenvalue weighted by Gasteiger charge is -2.22. The van der Waals surface area contributed by atoms with Gasteiger partial charge in [-0.15, -0.1) is 10.2 Å². The van der Waals surface area contributed by atoms with E-state index in [-0.39, 0.29) is 6.04 Å². The van der Waals surface area contributed by atoms with Crippen LogP contribution in [0.2, 0.25) is 10.0 Å². The van der Waals surface area contributed by atoms with Crippen molar-refractivity contribution in [3.63, 3.8) is 0 Å². The summed E-state index contributed by atoms with van der Waals surface area (Å²) in [5.41, 5.74) is 0.831. The van der Waals surface area contributed by atoms with Crippen LogP contribution in [0.25, 0.3) is 11.4 Å². The van der Waals surface area contributed by atoms with E-state index < -0.39 is 0 Å². The second-order valence-electron chi connectivity index (χ2n) is 4.31. The molecule has 0 aliphatic carbocycles. The SMILES string of the molecule is CC1NCCn2c(-c3cccc(Cl)c3Cl)nnc21. The quantitative estimate of drug-likeness (QED) is 0.875. The number of hydrogen-bond acceptors (Lipinski definition) is 3. The Kier molecular flexibility index (Phi) is 3.01. The highest BCUT2D eigenvalue weighted by atomic mass is 35.5. The Morgan fingerprint density at radius 1 is 1.33 bits per heavy atom. The number of aromatic nitrogens is 3. The van der Waals surface area contributed by atoms with Crippen LogP contribution in [0.3, 0.4) is 0 Å². The summed E-state index contributed by atoms with van der Waals surface area (Å²) in [4.78, 5) is 0. The number of hydrogen-bond donors (Lipinski definition) is 1. The van der Waals surface area contributed by atoms with Crippen molar-refractivity contribution >= 4 is 23.2 Å². The van der Waals surface area contributed by atoms with Gasteiger partial charge in [0, 0.05) is 18.7 Å². The fourth-order valence-electron chi connectivity index (χ4n) is 2.22. The van der Waals surface area contributed by atoms with Gasteiger partial charge in [-0.05, 0) is 19.1 Å². The zero-order chi connectivity index (χ0) is 12.7. The van der Waals surface area contributed by atoms with Crippen LogP contribution in [0.5, 0.6) is 0 Å². The van der Waals surface area contributed by atoms with Crippen LogP contribution in [-0.2, 0) is 6.54 Å². The summed E-state index contributed by atoms with van der Waals surface area (Å²) in [5.74, 6) is 1.72. The molecular weight excluding hydrogens is 271 g/mol. The number of rotatable bonds is 1. The lowest BCUT2D eigenvalue weighted by molar-refractivity contribution is 0.439. The molecule has 0 fully saturated rings. The van der Waals surface area contributed by atoms with Gasteiger partial charge in [-0.3, -0.25) is 0 Å². The summed E-state index contributed by atoms with van der Waals surface area (Å²) in [5, 5.41) is 12.9. The average molecular weight is 283 g/mol. The molecule has 3 rings (SSSR count). The minimum absolute atomic E-state index is 0.206. The summed E-state index contributed by atoms with van der Waals surface area (Å²) < 4.78 is 2.10. The first-order chi connectivity index (χ1) is 8.68. The minimum atomic E-state index is 0.206. The summed E-state index contributed by atoms with van der Waals surface area (Å²) in [6.07, 6.45) is 0. The first-order valence-electron chi connectivity index (χ1n) is 5.79. The highest BCUT2D eigenvalue weighted by Gasteiger charge is 2.23. The summed E-state index contributed by atoms with van der Waals surface area (Å²) in [6, 6.07) is 5.76. The van der Waals surface area contributed by atoms with Crippen molar-refractivity contribution in [3.05, 3.63) is 34.1 Å². The van der Waals surface area contributed by atoms with Crippen molar-refractivity contribution in [2.45, 2.75) is 19.5 Å². The second-order valence-corrected chi connectivity index (χ2v) is 5.10. The third-order valence-corrected chi connectivity index (χ3v) is 3.96. The molecule has 4 nitrogen and oxygen atoms in total. The number of fused-ring (bicyclic) bond motifs is 1. The van der Waals surface area contributed by atoms with E-state index in [0.717, 1.165) is 30.3 Å². The van der Waals surface area contributed by atoms with Crippen molar-refractivity contribution in [1.82, 2.24) is 20.1 Å². The second kappa shape index (κ2) is 4.53. The molecule has 1 unspecified atom stereocenters. The molecule has 1 atom stereocenters. The van der Waals surface area contributed by atoms with Crippen molar-refractivity contribution in [2.75, 3.05) is 6.54 Å². The zero-order valence-corrected chi connectivity index (χ0v) is 11.3. The van der Waals surface area contributed by atoms with Gasteiger partial charge in [-0.1, -0.05) is 29.3 Å². The molecule has 0 amide bonds. The van der Waals surface area contributed by atoms with Crippen LogP contribution >= 0.6 is 23.2 Å². The van der Waals surface area contributed by atoms with E-state index in [0.29, 0.717) is 10.0 Å². The molecule has 94 valence electrons. The lowest BCUT2D eigenvalue weighted by atomic mass is 10.2. The molecule has 1 aromatic heterocycles. The fourth-order valence-corrected chi connectivity index (χ4v) is 2.60. The van der Waals surface area contributed by atoms with E-state index in [4.69, 9.17) is 23.2 Å². The molecule has 2 aromatic rings. The van der Waals surface area contributed by atoms with Crippen LogP contribution in [0.4, 0.5) is 0 Å². The van der Waals surface area contributed by atoms with Crippen molar-refractivity contribution in [1.29, 1.82) is 0 Å². The van der Waals surface area contributed by atoms with E-state index in [9.17, 15) is 0 Å². The monoisotopic (exact) mass is 282 g/mol. The Hall–Kier alpha value is -1.10. The summed E-state index contributed by atoms with van der Waals surface area (Å²) in [6.45, 7) is 3.81.